The van der Waals surface area contributed by atoms with Crippen molar-refractivity contribution in [3.8, 4) is 51.6 Å². The van der Waals surface area contributed by atoms with Crippen LogP contribution in [0.3, 0.4) is 0 Å². The number of benzene rings is 3. The summed E-state index contributed by atoms with van der Waals surface area (Å²) < 4.78 is 22.3. The number of carbonyl (C=O) groups excluding carboxylic acids is 1. The lowest BCUT2D eigenvalue weighted by Gasteiger charge is -2.37. The van der Waals surface area contributed by atoms with Crippen molar-refractivity contribution in [2.45, 2.75) is 24.6 Å². The molecule has 14 heteroatoms. The zero-order chi connectivity index (χ0) is 29.6. The van der Waals surface area contributed by atoms with E-state index >= 15 is 0 Å². The smallest absolute Gasteiger partial charge is 0.339 e. The van der Waals surface area contributed by atoms with Gasteiger partial charge in [0.25, 0.3) is 0 Å². The Morgan fingerprint density at radius 1 is 0.854 bits per heavy atom. The highest BCUT2D eigenvalue weighted by Gasteiger charge is 2.44. The van der Waals surface area contributed by atoms with Crippen molar-refractivity contribution in [1.82, 2.24) is 0 Å². The predicted molar refractivity (Wildman–Crippen MR) is 136 cm³/mol. The fourth-order valence-electron chi connectivity index (χ4n) is 4.20. The number of aromatic hydroxyl groups is 6. The topological polar surface area (TPSA) is 237 Å². The Morgan fingerprint density at radius 2 is 1.51 bits per heavy atom. The maximum atomic E-state index is 13.6. The summed E-state index contributed by atoms with van der Waals surface area (Å²) in [7, 11) is 0. The van der Waals surface area contributed by atoms with Crippen molar-refractivity contribution in [3.63, 3.8) is 0 Å². The van der Waals surface area contributed by atoms with Gasteiger partial charge in [-0.05, 0) is 36.4 Å². The van der Waals surface area contributed by atoms with E-state index in [1.165, 1.54) is 24.3 Å². The van der Waals surface area contributed by atoms with Gasteiger partial charge < -0.3 is 59.5 Å². The molecule has 1 aliphatic rings. The number of hydrogen-bond acceptors (Lipinski definition) is 14. The Labute approximate surface area is 228 Å². The molecular weight excluding hydrogens is 548 g/mol. The van der Waals surface area contributed by atoms with Gasteiger partial charge in [-0.3, -0.25) is 4.79 Å². The fraction of sp³-hybridized carbons (Fsp3) is 0.185. The first-order chi connectivity index (χ1) is 19.4. The Kier molecular flexibility index (Phi) is 6.96. The van der Waals surface area contributed by atoms with Gasteiger partial charge in [-0.1, -0.05) is 0 Å². The van der Waals surface area contributed by atoms with Crippen molar-refractivity contribution in [2.75, 3.05) is 6.61 Å². The summed E-state index contributed by atoms with van der Waals surface area (Å²) >= 11 is 0. The minimum absolute atomic E-state index is 0.111. The van der Waals surface area contributed by atoms with Crippen LogP contribution >= 0.6 is 0 Å². The average Bonchev–Trinajstić information content (AvgIpc) is 2.92. The van der Waals surface area contributed by atoms with Gasteiger partial charge in [-0.25, -0.2) is 4.79 Å². The molecule has 0 spiro atoms. The van der Waals surface area contributed by atoms with E-state index in [9.17, 15) is 50.4 Å². The van der Waals surface area contributed by atoms with Crippen LogP contribution in [-0.2, 0) is 9.47 Å². The fourth-order valence-corrected chi connectivity index (χ4v) is 4.20. The second-order valence-electron chi connectivity index (χ2n) is 9.08. The second-order valence-corrected chi connectivity index (χ2v) is 9.08. The van der Waals surface area contributed by atoms with Gasteiger partial charge in [0.05, 0.1) is 12.2 Å². The van der Waals surface area contributed by atoms with Gasteiger partial charge in [-0.2, -0.15) is 0 Å². The highest BCUT2D eigenvalue weighted by Crippen LogP contribution is 2.38. The maximum absolute atomic E-state index is 13.6. The molecular formula is C27H22O14. The first-order valence-electron chi connectivity index (χ1n) is 11.9. The van der Waals surface area contributed by atoms with Crippen molar-refractivity contribution in [3.05, 3.63) is 64.3 Å². The number of carbonyl (C=O) groups is 1. The Balaban J connectivity index is 1.58. The van der Waals surface area contributed by atoms with Crippen LogP contribution in [0.15, 0.2) is 57.7 Å². The molecule has 214 valence electrons. The van der Waals surface area contributed by atoms with Crippen LogP contribution in [0.5, 0.6) is 40.2 Å². The SMILES string of the molecule is O=C(O[C@@H]1[C@H](Oc2c(-c3ccc(O)cc3)oc3cc(O)cc(O)c3c2=O)OC[C@@H](O)[C@@H]1O)c1cc(O)c(O)c(O)c1. The highest BCUT2D eigenvalue weighted by molar-refractivity contribution is 5.91. The van der Waals surface area contributed by atoms with Gasteiger partial charge in [-0.15, -0.1) is 0 Å². The summed E-state index contributed by atoms with van der Waals surface area (Å²) in [4.78, 5) is 26.4. The second kappa shape index (κ2) is 10.4. The van der Waals surface area contributed by atoms with Crippen molar-refractivity contribution < 1.29 is 64.3 Å². The van der Waals surface area contributed by atoms with Gasteiger partial charge >= 0.3 is 5.97 Å². The van der Waals surface area contributed by atoms with Crippen LogP contribution in [0.2, 0.25) is 0 Å². The van der Waals surface area contributed by atoms with Gasteiger partial charge in [0, 0.05) is 17.7 Å². The summed E-state index contributed by atoms with van der Waals surface area (Å²) in [6.07, 6.45) is -6.94. The van der Waals surface area contributed by atoms with Gasteiger partial charge in [0.2, 0.25) is 17.5 Å². The molecule has 1 saturated heterocycles. The first kappa shape index (κ1) is 27.4. The Morgan fingerprint density at radius 3 is 2.17 bits per heavy atom. The van der Waals surface area contributed by atoms with Crippen LogP contribution in [0, 0.1) is 0 Å². The van der Waals surface area contributed by atoms with Crippen molar-refractivity contribution in [2.24, 2.45) is 0 Å². The molecule has 14 nitrogen and oxygen atoms in total. The van der Waals surface area contributed by atoms with E-state index in [0.717, 1.165) is 24.3 Å². The largest absolute Gasteiger partial charge is 0.508 e. The van der Waals surface area contributed by atoms with Crippen LogP contribution in [0.1, 0.15) is 10.4 Å². The molecule has 5 rings (SSSR count). The Bertz CT molecular complexity index is 1670. The van der Waals surface area contributed by atoms with Crippen molar-refractivity contribution in [1.29, 1.82) is 0 Å². The third kappa shape index (κ3) is 5.09. The molecule has 0 amide bonds. The molecule has 2 heterocycles. The molecule has 0 saturated carbocycles. The zero-order valence-corrected chi connectivity index (χ0v) is 20.7. The molecule has 1 aromatic heterocycles. The lowest BCUT2D eigenvalue weighted by Crippen LogP contribution is -2.56. The lowest BCUT2D eigenvalue weighted by molar-refractivity contribution is -0.241. The van der Waals surface area contributed by atoms with E-state index in [1.807, 2.05) is 0 Å². The number of ether oxygens (including phenoxy) is 3. The molecule has 8 N–H and O–H groups in total. The molecule has 0 aliphatic carbocycles. The third-order valence-electron chi connectivity index (χ3n) is 6.26. The van der Waals surface area contributed by atoms with E-state index in [2.05, 4.69) is 0 Å². The van der Waals surface area contributed by atoms with E-state index < -0.39 is 82.7 Å². The number of phenols is 6. The molecule has 0 bridgehead atoms. The molecule has 0 unspecified atom stereocenters. The quantitative estimate of drug-likeness (QED) is 0.125. The summed E-state index contributed by atoms with van der Waals surface area (Å²) in [6.45, 7) is -0.521. The minimum Gasteiger partial charge on any atom is -0.508 e. The minimum atomic E-state index is -1.81. The normalized spacial score (nSPS) is 20.5. The van der Waals surface area contributed by atoms with E-state index in [4.69, 9.17) is 18.6 Å². The molecule has 0 radical (unpaired) electrons. The molecule has 1 aliphatic heterocycles. The lowest BCUT2D eigenvalue weighted by atomic mass is 10.0. The number of fused-ring (bicyclic) bond motifs is 1. The predicted octanol–water partition coefficient (Wildman–Crippen LogP) is 1.38. The van der Waals surface area contributed by atoms with Crippen LogP contribution < -0.4 is 10.2 Å². The maximum Gasteiger partial charge on any atom is 0.339 e. The Hall–Kier alpha value is -5.18. The van der Waals surface area contributed by atoms with E-state index in [-0.39, 0.29) is 28.0 Å². The highest BCUT2D eigenvalue weighted by atomic mass is 16.7. The van der Waals surface area contributed by atoms with Crippen LogP contribution in [-0.4, -0.2) is 78.0 Å². The van der Waals surface area contributed by atoms with Crippen LogP contribution in [0.25, 0.3) is 22.3 Å². The van der Waals surface area contributed by atoms with E-state index in [0.29, 0.717) is 0 Å². The molecule has 4 atom stereocenters. The monoisotopic (exact) mass is 570 g/mol. The van der Waals surface area contributed by atoms with Crippen molar-refractivity contribution >= 4 is 16.9 Å². The molecule has 41 heavy (non-hydrogen) atoms. The standard InChI is InChI=1S/C27H22O14/c28-12-3-1-10(2-4-12)23-24(22(36)19-14(30)7-13(29)8-18(19)39-23)41-27-25(21(35)17(33)9-38-27)40-26(37)11-5-15(31)20(34)16(32)6-11/h1-8,17,21,25,27-35H,9H2/t17-,21+,25+,27+/m1/s1. The number of aliphatic hydroxyl groups is 2. The third-order valence-corrected chi connectivity index (χ3v) is 6.26. The summed E-state index contributed by atoms with van der Waals surface area (Å²) in [5.74, 6) is -5.83. The zero-order valence-electron chi connectivity index (χ0n) is 20.7. The van der Waals surface area contributed by atoms with E-state index in [1.54, 1.807) is 0 Å². The summed E-state index contributed by atoms with van der Waals surface area (Å²) in [6, 6.07) is 8.84. The number of rotatable bonds is 5. The average molecular weight is 570 g/mol. The molecule has 4 aromatic rings. The summed E-state index contributed by atoms with van der Waals surface area (Å²) in [5.41, 5.74) is -1.43. The number of hydrogen-bond donors (Lipinski definition) is 8. The van der Waals surface area contributed by atoms with Gasteiger partial charge in [0.15, 0.2) is 29.1 Å². The first-order valence-corrected chi connectivity index (χ1v) is 11.9. The molecule has 1 fully saturated rings. The van der Waals surface area contributed by atoms with Crippen LogP contribution in [0.4, 0.5) is 0 Å². The number of aliphatic hydroxyl groups excluding tert-OH is 2. The van der Waals surface area contributed by atoms with Gasteiger partial charge in [0.1, 0.15) is 40.4 Å². The summed E-state index contributed by atoms with van der Waals surface area (Å²) in [5, 5.41) is 79.4. The number of phenolic OH excluding ortho intramolecular Hbond substituents is 6. The molecule has 3 aromatic carbocycles. The number of esters is 1.